The number of phenols is 1. The average Bonchev–Trinajstić information content (AvgIpc) is 3.31. The number of amides is 1. The molecule has 8 heteroatoms. The SMILES string of the molecule is COc1ccc(/C=N/NC(=O)c2sc(-c3csc4ccccc34)nc2C)cc1O. The summed E-state index contributed by atoms with van der Waals surface area (Å²) in [7, 11) is 1.48. The van der Waals surface area contributed by atoms with Crippen LogP contribution in [0, 0.1) is 6.92 Å². The van der Waals surface area contributed by atoms with Gasteiger partial charge in [0.05, 0.1) is 19.0 Å². The zero-order valence-electron chi connectivity index (χ0n) is 15.7. The lowest BCUT2D eigenvalue weighted by Gasteiger charge is -2.03. The molecule has 0 aliphatic carbocycles. The second-order valence-corrected chi connectivity index (χ2v) is 8.12. The number of thiophene rings is 1. The molecular weight excluding hydrogens is 406 g/mol. The normalized spacial score (nSPS) is 11.2. The second kappa shape index (κ2) is 8.02. The van der Waals surface area contributed by atoms with Crippen molar-refractivity contribution in [1.29, 1.82) is 0 Å². The number of rotatable bonds is 5. The van der Waals surface area contributed by atoms with Crippen LogP contribution in [0.1, 0.15) is 20.9 Å². The summed E-state index contributed by atoms with van der Waals surface area (Å²) in [6.45, 7) is 1.81. The van der Waals surface area contributed by atoms with E-state index in [0.717, 1.165) is 16.0 Å². The predicted molar refractivity (Wildman–Crippen MR) is 117 cm³/mol. The van der Waals surface area contributed by atoms with Crippen molar-refractivity contribution >= 4 is 44.9 Å². The summed E-state index contributed by atoms with van der Waals surface area (Å²) in [6, 6.07) is 13.0. The van der Waals surface area contributed by atoms with Gasteiger partial charge in [0.15, 0.2) is 11.5 Å². The number of fused-ring (bicyclic) bond motifs is 1. The lowest BCUT2D eigenvalue weighted by Crippen LogP contribution is -2.17. The molecule has 2 N–H and O–H groups in total. The number of aryl methyl sites for hydroxylation is 1. The van der Waals surface area contributed by atoms with E-state index in [1.807, 2.05) is 19.1 Å². The lowest BCUT2D eigenvalue weighted by molar-refractivity contribution is 0.0958. The average molecular weight is 424 g/mol. The number of thiazole rings is 1. The summed E-state index contributed by atoms with van der Waals surface area (Å²) in [5.41, 5.74) is 4.86. The van der Waals surface area contributed by atoms with E-state index in [9.17, 15) is 9.90 Å². The molecule has 0 saturated heterocycles. The molecule has 146 valence electrons. The van der Waals surface area contributed by atoms with Gasteiger partial charge < -0.3 is 9.84 Å². The van der Waals surface area contributed by atoms with Gasteiger partial charge in [-0.3, -0.25) is 4.79 Å². The first-order valence-corrected chi connectivity index (χ1v) is 10.4. The summed E-state index contributed by atoms with van der Waals surface area (Å²) in [5.74, 6) is 0.0634. The smallest absolute Gasteiger partial charge is 0.283 e. The fourth-order valence-corrected chi connectivity index (χ4v) is 4.88. The van der Waals surface area contributed by atoms with E-state index in [1.54, 1.807) is 23.5 Å². The third kappa shape index (κ3) is 3.85. The van der Waals surface area contributed by atoms with Gasteiger partial charge in [-0.2, -0.15) is 5.10 Å². The Morgan fingerprint density at radius 1 is 1.28 bits per heavy atom. The molecule has 0 atom stereocenters. The van der Waals surface area contributed by atoms with Crippen molar-refractivity contribution in [2.24, 2.45) is 5.10 Å². The van der Waals surface area contributed by atoms with Crippen molar-refractivity contribution < 1.29 is 14.6 Å². The molecule has 29 heavy (non-hydrogen) atoms. The number of hydrazone groups is 1. The molecule has 4 aromatic rings. The third-order valence-electron chi connectivity index (χ3n) is 4.30. The highest BCUT2D eigenvalue weighted by Crippen LogP contribution is 2.36. The highest BCUT2D eigenvalue weighted by molar-refractivity contribution is 7.20. The van der Waals surface area contributed by atoms with Gasteiger partial charge >= 0.3 is 0 Å². The molecule has 0 radical (unpaired) electrons. The monoisotopic (exact) mass is 423 g/mol. The largest absolute Gasteiger partial charge is 0.504 e. The summed E-state index contributed by atoms with van der Waals surface area (Å²) >= 11 is 3.01. The number of phenolic OH excluding ortho intramolecular Hbond substituents is 1. The second-order valence-electron chi connectivity index (χ2n) is 6.21. The molecule has 6 nitrogen and oxygen atoms in total. The van der Waals surface area contributed by atoms with Crippen molar-refractivity contribution in [3.63, 3.8) is 0 Å². The highest BCUT2D eigenvalue weighted by Gasteiger charge is 2.17. The van der Waals surface area contributed by atoms with E-state index in [2.05, 4.69) is 33.0 Å². The maximum Gasteiger partial charge on any atom is 0.283 e. The van der Waals surface area contributed by atoms with Gasteiger partial charge in [-0.25, -0.2) is 10.4 Å². The first-order chi connectivity index (χ1) is 14.1. The van der Waals surface area contributed by atoms with E-state index in [4.69, 9.17) is 4.74 Å². The van der Waals surface area contributed by atoms with Crippen LogP contribution in [0.15, 0.2) is 52.9 Å². The first kappa shape index (κ1) is 19.1. The minimum atomic E-state index is -0.320. The van der Waals surface area contributed by atoms with Crippen molar-refractivity contribution in [3.8, 4) is 22.1 Å². The van der Waals surface area contributed by atoms with E-state index in [1.165, 1.54) is 35.4 Å². The van der Waals surface area contributed by atoms with Crippen LogP contribution >= 0.6 is 22.7 Å². The van der Waals surface area contributed by atoms with Crippen LogP contribution in [-0.2, 0) is 0 Å². The highest BCUT2D eigenvalue weighted by atomic mass is 32.1. The molecule has 0 spiro atoms. The van der Waals surface area contributed by atoms with Crippen molar-refractivity contribution in [2.75, 3.05) is 7.11 Å². The first-order valence-electron chi connectivity index (χ1n) is 8.71. The fourth-order valence-electron chi connectivity index (χ4n) is 2.87. The lowest BCUT2D eigenvalue weighted by atomic mass is 10.2. The topological polar surface area (TPSA) is 83.8 Å². The Bertz CT molecular complexity index is 1230. The number of aromatic hydroxyl groups is 1. The molecular formula is C21H17N3O3S2. The summed E-state index contributed by atoms with van der Waals surface area (Å²) in [6.07, 6.45) is 1.46. The number of hydrogen-bond donors (Lipinski definition) is 2. The van der Waals surface area contributed by atoms with Gasteiger partial charge in [0.25, 0.3) is 5.91 Å². The quantitative estimate of drug-likeness (QED) is 0.356. The van der Waals surface area contributed by atoms with Gasteiger partial charge in [0, 0.05) is 21.0 Å². The Balaban J connectivity index is 1.52. The summed E-state index contributed by atoms with van der Waals surface area (Å²) in [5, 5.41) is 17.8. The summed E-state index contributed by atoms with van der Waals surface area (Å²) in [4.78, 5) is 17.7. The fraction of sp³-hybridized carbons (Fsp3) is 0.0952. The maximum absolute atomic E-state index is 12.5. The number of aromatic nitrogens is 1. The maximum atomic E-state index is 12.5. The molecule has 0 aliphatic heterocycles. The van der Waals surface area contributed by atoms with Crippen molar-refractivity contribution in [1.82, 2.24) is 10.4 Å². The minimum Gasteiger partial charge on any atom is -0.504 e. The van der Waals surface area contributed by atoms with Crippen molar-refractivity contribution in [3.05, 3.63) is 64.0 Å². The number of nitrogens with one attached hydrogen (secondary N) is 1. The van der Waals surface area contributed by atoms with Crippen LogP contribution in [-0.4, -0.2) is 29.3 Å². The van der Waals surface area contributed by atoms with Crippen LogP contribution in [0.25, 0.3) is 20.7 Å². The molecule has 0 aliphatic rings. The number of hydrogen-bond acceptors (Lipinski definition) is 7. The number of nitrogens with zero attached hydrogens (tertiary/aromatic N) is 2. The van der Waals surface area contributed by atoms with Crippen LogP contribution < -0.4 is 10.2 Å². The number of carbonyl (C=O) groups is 1. The van der Waals surface area contributed by atoms with Crippen LogP contribution in [0.2, 0.25) is 0 Å². The van der Waals surface area contributed by atoms with Crippen LogP contribution in [0.5, 0.6) is 11.5 Å². The van der Waals surface area contributed by atoms with Crippen LogP contribution in [0.3, 0.4) is 0 Å². The van der Waals surface area contributed by atoms with Gasteiger partial charge in [0.2, 0.25) is 0 Å². The van der Waals surface area contributed by atoms with E-state index in [-0.39, 0.29) is 11.7 Å². The molecule has 2 aromatic heterocycles. The Hall–Kier alpha value is -3.23. The minimum absolute atomic E-state index is 0.00806. The zero-order valence-corrected chi connectivity index (χ0v) is 17.3. The number of ether oxygens (including phenoxy) is 1. The summed E-state index contributed by atoms with van der Waals surface area (Å²) < 4.78 is 6.19. The Kier molecular flexibility index (Phi) is 5.28. The predicted octanol–water partition coefficient (Wildman–Crippen LogP) is 4.81. The molecule has 0 bridgehead atoms. The van der Waals surface area contributed by atoms with Gasteiger partial charge in [-0.15, -0.1) is 22.7 Å². The third-order valence-corrected chi connectivity index (χ3v) is 6.45. The molecule has 0 saturated carbocycles. The van der Waals surface area contributed by atoms with Gasteiger partial charge in [-0.05, 0) is 36.8 Å². The molecule has 4 rings (SSSR count). The zero-order chi connectivity index (χ0) is 20.4. The molecule has 0 unspecified atom stereocenters. The van der Waals surface area contributed by atoms with Gasteiger partial charge in [-0.1, -0.05) is 18.2 Å². The van der Waals surface area contributed by atoms with E-state index >= 15 is 0 Å². The van der Waals surface area contributed by atoms with Gasteiger partial charge in [0.1, 0.15) is 9.88 Å². The molecule has 1 amide bonds. The standard InChI is InChI=1S/C21H17N3O3S2/c1-12-19(20(26)24-22-10-13-7-8-17(27-2)16(25)9-13)29-21(23-12)15-11-28-18-6-4-3-5-14(15)18/h3-11,25H,1-2H3,(H,24,26)/b22-10+. The molecule has 2 aromatic carbocycles. The Morgan fingerprint density at radius 2 is 2.10 bits per heavy atom. The number of methoxy groups -OCH3 is 1. The Morgan fingerprint density at radius 3 is 2.90 bits per heavy atom. The van der Waals surface area contributed by atoms with E-state index < -0.39 is 0 Å². The van der Waals surface area contributed by atoms with E-state index in [0.29, 0.717) is 21.9 Å². The number of benzene rings is 2. The Labute approximate surface area is 175 Å². The van der Waals surface area contributed by atoms with Crippen LogP contribution in [0.4, 0.5) is 0 Å². The number of carbonyl (C=O) groups excluding carboxylic acids is 1. The molecule has 2 heterocycles. The van der Waals surface area contributed by atoms with Crippen molar-refractivity contribution in [2.45, 2.75) is 6.92 Å². The molecule has 0 fully saturated rings.